The van der Waals surface area contributed by atoms with Gasteiger partial charge in [-0.2, -0.15) is 0 Å². The highest BCUT2D eigenvalue weighted by Crippen LogP contribution is 2.22. The van der Waals surface area contributed by atoms with Crippen LogP contribution in [0.25, 0.3) is 0 Å². The third-order valence-electron chi connectivity index (χ3n) is 2.96. The van der Waals surface area contributed by atoms with Crippen LogP contribution in [0.5, 0.6) is 0 Å². The Morgan fingerprint density at radius 2 is 2.11 bits per heavy atom. The fraction of sp³-hybridized carbons (Fsp3) is 0.385. The molecule has 0 aromatic heterocycles. The Balaban J connectivity index is 1.99. The van der Waals surface area contributed by atoms with Crippen LogP contribution in [0.15, 0.2) is 18.2 Å². The Morgan fingerprint density at radius 3 is 2.74 bits per heavy atom. The van der Waals surface area contributed by atoms with Crippen molar-refractivity contribution in [2.45, 2.75) is 31.8 Å². The molecular formula is C13H16ClN3O2. The molecule has 0 spiro atoms. The normalized spacial score (nSPS) is 15.7. The Morgan fingerprint density at radius 1 is 1.42 bits per heavy atom. The van der Waals surface area contributed by atoms with E-state index >= 15 is 0 Å². The van der Waals surface area contributed by atoms with E-state index < -0.39 is 11.9 Å². The standard InChI is InChI=1S/C13H16ClN3O2/c1-7(12(18)17-8-5-6-8)16-13(19)9-3-2-4-10(14)11(9)15/h2-4,7-8H,5-6,15H2,1H3,(H,16,19)(H,17,18). The molecule has 5 nitrogen and oxygen atoms in total. The van der Waals surface area contributed by atoms with Crippen molar-refractivity contribution in [3.8, 4) is 0 Å². The van der Waals surface area contributed by atoms with Crippen LogP contribution in [0.1, 0.15) is 30.1 Å². The van der Waals surface area contributed by atoms with E-state index in [0.717, 1.165) is 12.8 Å². The van der Waals surface area contributed by atoms with Crippen molar-refractivity contribution < 1.29 is 9.59 Å². The second kappa shape index (κ2) is 5.48. The topological polar surface area (TPSA) is 84.2 Å². The predicted molar refractivity (Wildman–Crippen MR) is 74.0 cm³/mol. The van der Waals surface area contributed by atoms with Gasteiger partial charge in [0.1, 0.15) is 6.04 Å². The molecular weight excluding hydrogens is 266 g/mol. The zero-order chi connectivity index (χ0) is 14.0. The van der Waals surface area contributed by atoms with Crippen LogP contribution in [-0.2, 0) is 4.79 Å². The molecule has 1 saturated carbocycles. The number of halogens is 1. The van der Waals surface area contributed by atoms with E-state index in [-0.39, 0.29) is 23.2 Å². The van der Waals surface area contributed by atoms with Crippen molar-refractivity contribution in [3.05, 3.63) is 28.8 Å². The first-order valence-electron chi connectivity index (χ1n) is 6.14. The molecule has 6 heteroatoms. The maximum atomic E-state index is 12.0. The molecule has 0 heterocycles. The first-order valence-corrected chi connectivity index (χ1v) is 6.52. The van der Waals surface area contributed by atoms with Crippen molar-refractivity contribution in [1.29, 1.82) is 0 Å². The summed E-state index contributed by atoms with van der Waals surface area (Å²) >= 11 is 5.85. The number of hydrogen-bond donors (Lipinski definition) is 3. The number of hydrogen-bond acceptors (Lipinski definition) is 3. The third-order valence-corrected chi connectivity index (χ3v) is 3.29. The lowest BCUT2D eigenvalue weighted by atomic mass is 10.1. The predicted octanol–water partition coefficient (Wildman–Crippen LogP) is 1.32. The van der Waals surface area contributed by atoms with Gasteiger partial charge in [-0.05, 0) is 31.9 Å². The summed E-state index contributed by atoms with van der Waals surface area (Å²) < 4.78 is 0. The monoisotopic (exact) mass is 281 g/mol. The van der Waals surface area contributed by atoms with Gasteiger partial charge < -0.3 is 16.4 Å². The summed E-state index contributed by atoms with van der Waals surface area (Å²) in [5, 5.41) is 5.75. The third kappa shape index (κ3) is 3.38. The Kier molecular flexibility index (Phi) is 3.95. The highest BCUT2D eigenvalue weighted by molar-refractivity contribution is 6.34. The van der Waals surface area contributed by atoms with Gasteiger partial charge >= 0.3 is 0 Å². The summed E-state index contributed by atoms with van der Waals surface area (Å²) in [7, 11) is 0. The number of carbonyl (C=O) groups excluding carboxylic acids is 2. The summed E-state index contributed by atoms with van der Waals surface area (Å²) in [5.41, 5.74) is 6.23. The second-order valence-electron chi connectivity index (χ2n) is 4.68. The van der Waals surface area contributed by atoms with Gasteiger partial charge in [-0.1, -0.05) is 17.7 Å². The smallest absolute Gasteiger partial charge is 0.254 e. The minimum absolute atomic E-state index is 0.184. The van der Waals surface area contributed by atoms with Crippen LogP contribution in [0, 0.1) is 0 Å². The van der Waals surface area contributed by atoms with Gasteiger partial charge in [0.05, 0.1) is 16.3 Å². The number of nitrogen functional groups attached to an aromatic ring is 1. The average molecular weight is 282 g/mol. The highest BCUT2D eigenvalue weighted by Gasteiger charge is 2.26. The van der Waals surface area contributed by atoms with E-state index in [1.807, 2.05) is 0 Å². The Labute approximate surface area is 116 Å². The zero-order valence-corrected chi connectivity index (χ0v) is 11.3. The summed E-state index contributed by atoms with van der Waals surface area (Å²) in [6, 6.07) is 4.48. The molecule has 2 rings (SSSR count). The highest BCUT2D eigenvalue weighted by atomic mass is 35.5. The summed E-state index contributed by atoms with van der Waals surface area (Å²) in [4.78, 5) is 23.7. The maximum absolute atomic E-state index is 12.0. The molecule has 0 saturated heterocycles. The van der Waals surface area contributed by atoms with E-state index in [1.165, 1.54) is 0 Å². The molecule has 1 atom stereocenters. The minimum atomic E-state index is -0.605. The molecule has 0 radical (unpaired) electrons. The molecule has 0 aliphatic heterocycles. The number of para-hydroxylation sites is 1. The number of rotatable bonds is 4. The lowest BCUT2D eigenvalue weighted by Gasteiger charge is -2.15. The molecule has 2 amide bonds. The largest absolute Gasteiger partial charge is 0.397 e. The minimum Gasteiger partial charge on any atom is -0.397 e. The number of benzene rings is 1. The van der Waals surface area contributed by atoms with Crippen LogP contribution in [0.3, 0.4) is 0 Å². The molecule has 1 fully saturated rings. The van der Waals surface area contributed by atoms with Crippen molar-refractivity contribution in [2.75, 3.05) is 5.73 Å². The lowest BCUT2D eigenvalue weighted by molar-refractivity contribution is -0.122. The fourth-order valence-electron chi connectivity index (χ4n) is 1.63. The van der Waals surface area contributed by atoms with Crippen molar-refractivity contribution in [1.82, 2.24) is 10.6 Å². The maximum Gasteiger partial charge on any atom is 0.254 e. The number of nitrogens with one attached hydrogen (secondary N) is 2. The quantitative estimate of drug-likeness (QED) is 0.728. The van der Waals surface area contributed by atoms with Crippen LogP contribution in [0.4, 0.5) is 5.69 Å². The van der Waals surface area contributed by atoms with E-state index in [9.17, 15) is 9.59 Å². The van der Waals surface area contributed by atoms with Gasteiger partial charge in [0.15, 0.2) is 0 Å². The number of amides is 2. The van der Waals surface area contributed by atoms with E-state index in [4.69, 9.17) is 17.3 Å². The molecule has 1 aromatic carbocycles. The van der Waals surface area contributed by atoms with Gasteiger partial charge in [0, 0.05) is 6.04 Å². The fourth-order valence-corrected chi connectivity index (χ4v) is 1.80. The Bertz CT molecular complexity index is 515. The summed E-state index contributed by atoms with van der Waals surface area (Å²) in [6.45, 7) is 1.64. The van der Waals surface area contributed by atoms with Crippen LogP contribution >= 0.6 is 11.6 Å². The van der Waals surface area contributed by atoms with E-state index in [1.54, 1.807) is 25.1 Å². The molecule has 19 heavy (non-hydrogen) atoms. The molecule has 1 aromatic rings. The first kappa shape index (κ1) is 13.7. The van der Waals surface area contributed by atoms with Gasteiger partial charge in [-0.25, -0.2) is 0 Å². The molecule has 4 N–H and O–H groups in total. The molecule has 1 aliphatic carbocycles. The van der Waals surface area contributed by atoms with Crippen molar-refractivity contribution >= 4 is 29.1 Å². The van der Waals surface area contributed by atoms with Gasteiger partial charge in [-0.15, -0.1) is 0 Å². The molecule has 102 valence electrons. The van der Waals surface area contributed by atoms with Gasteiger partial charge in [0.25, 0.3) is 5.91 Å². The van der Waals surface area contributed by atoms with Gasteiger partial charge in [0.2, 0.25) is 5.91 Å². The van der Waals surface area contributed by atoms with Crippen molar-refractivity contribution in [3.63, 3.8) is 0 Å². The zero-order valence-electron chi connectivity index (χ0n) is 10.6. The van der Waals surface area contributed by atoms with E-state index in [2.05, 4.69) is 10.6 Å². The average Bonchev–Trinajstić information content (AvgIpc) is 3.16. The molecule has 0 bridgehead atoms. The molecule has 1 aliphatic rings. The van der Waals surface area contributed by atoms with Crippen LogP contribution in [-0.4, -0.2) is 23.9 Å². The van der Waals surface area contributed by atoms with E-state index in [0.29, 0.717) is 5.02 Å². The van der Waals surface area contributed by atoms with Crippen LogP contribution < -0.4 is 16.4 Å². The number of anilines is 1. The first-order chi connectivity index (χ1) is 8.99. The SMILES string of the molecule is CC(NC(=O)c1cccc(Cl)c1N)C(=O)NC1CC1. The lowest BCUT2D eigenvalue weighted by Crippen LogP contribution is -2.45. The summed E-state index contributed by atoms with van der Waals surface area (Å²) in [5.74, 6) is -0.588. The number of carbonyl (C=O) groups is 2. The molecule has 1 unspecified atom stereocenters. The van der Waals surface area contributed by atoms with Crippen molar-refractivity contribution in [2.24, 2.45) is 0 Å². The van der Waals surface area contributed by atoms with Crippen LogP contribution in [0.2, 0.25) is 5.02 Å². The summed E-state index contributed by atoms with van der Waals surface area (Å²) in [6.07, 6.45) is 2.02. The number of nitrogens with two attached hydrogens (primary N) is 1. The Hall–Kier alpha value is -1.75. The second-order valence-corrected chi connectivity index (χ2v) is 5.09. The van der Waals surface area contributed by atoms with Gasteiger partial charge in [-0.3, -0.25) is 9.59 Å².